The number of anilines is 2. The van der Waals surface area contributed by atoms with Crippen LogP contribution in [0.5, 0.6) is 0 Å². The zero-order chi connectivity index (χ0) is 14.0. The van der Waals surface area contributed by atoms with E-state index in [0.29, 0.717) is 6.04 Å². The standard InChI is InChI=1S/C14H25N5/c1-9-6-5-7-12(8-9)19(4)14-10(2)13(18-15)16-11(3)17-14/h9,12H,5-8,15H2,1-4H3,(H,16,17,18). The lowest BCUT2D eigenvalue weighted by molar-refractivity contribution is 0.335. The van der Waals surface area contributed by atoms with Gasteiger partial charge in [0.2, 0.25) is 0 Å². The van der Waals surface area contributed by atoms with Gasteiger partial charge >= 0.3 is 0 Å². The monoisotopic (exact) mass is 263 g/mol. The van der Waals surface area contributed by atoms with Crippen molar-refractivity contribution in [3.63, 3.8) is 0 Å². The minimum Gasteiger partial charge on any atom is -0.356 e. The summed E-state index contributed by atoms with van der Waals surface area (Å²) < 4.78 is 0. The van der Waals surface area contributed by atoms with E-state index in [1.54, 1.807) is 0 Å². The highest BCUT2D eigenvalue weighted by Crippen LogP contribution is 2.31. The second-order valence-electron chi connectivity index (χ2n) is 5.75. The van der Waals surface area contributed by atoms with Gasteiger partial charge in [-0.15, -0.1) is 0 Å². The Morgan fingerprint density at radius 3 is 2.63 bits per heavy atom. The van der Waals surface area contributed by atoms with Gasteiger partial charge in [0.15, 0.2) is 0 Å². The number of hydrogen-bond donors (Lipinski definition) is 2. The van der Waals surface area contributed by atoms with Crippen LogP contribution in [0.4, 0.5) is 11.6 Å². The largest absolute Gasteiger partial charge is 0.356 e. The van der Waals surface area contributed by atoms with E-state index in [1.165, 1.54) is 25.7 Å². The third kappa shape index (κ3) is 2.97. The second kappa shape index (κ2) is 5.74. The van der Waals surface area contributed by atoms with E-state index < -0.39 is 0 Å². The highest BCUT2D eigenvalue weighted by atomic mass is 15.3. The minimum atomic E-state index is 0.572. The van der Waals surface area contributed by atoms with E-state index in [4.69, 9.17) is 5.84 Å². The Morgan fingerprint density at radius 1 is 1.26 bits per heavy atom. The Morgan fingerprint density at radius 2 is 2.00 bits per heavy atom. The van der Waals surface area contributed by atoms with Crippen LogP contribution in [0, 0.1) is 19.8 Å². The number of nitrogens with zero attached hydrogens (tertiary/aromatic N) is 3. The van der Waals surface area contributed by atoms with Crippen molar-refractivity contribution in [3.05, 3.63) is 11.4 Å². The van der Waals surface area contributed by atoms with Gasteiger partial charge in [-0.3, -0.25) is 0 Å². The summed E-state index contributed by atoms with van der Waals surface area (Å²) in [5.41, 5.74) is 3.69. The van der Waals surface area contributed by atoms with Gasteiger partial charge in [-0.25, -0.2) is 15.8 Å². The number of aryl methyl sites for hydroxylation is 1. The number of nitrogens with two attached hydrogens (primary N) is 1. The highest BCUT2D eigenvalue weighted by Gasteiger charge is 2.25. The van der Waals surface area contributed by atoms with Crippen LogP contribution in [0.1, 0.15) is 44.0 Å². The van der Waals surface area contributed by atoms with Crippen molar-refractivity contribution in [3.8, 4) is 0 Å². The summed E-state index contributed by atoms with van der Waals surface area (Å²) in [7, 11) is 2.14. The van der Waals surface area contributed by atoms with Gasteiger partial charge in [0.25, 0.3) is 0 Å². The number of hydrazine groups is 1. The fourth-order valence-corrected chi connectivity index (χ4v) is 3.02. The molecule has 1 saturated carbocycles. The number of nitrogens with one attached hydrogen (secondary N) is 1. The average Bonchev–Trinajstić information content (AvgIpc) is 2.40. The normalized spacial score (nSPS) is 23.2. The van der Waals surface area contributed by atoms with Crippen LogP contribution in [0.25, 0.3) is 0 Å². The molecule has 1 aliphatic rings. The predicted molar refractivity (Wildman–Crippen MR) is 79.1 cm³/mol. The fraction of sp³-hybridized carbons (Fsp3) is 0.714. The molecule has 5 nitrogen and oxygen atoms in total. The number of nitrogen functional groups attached to an aromatic ring is 1. The lowest BCUT2D eigenvalue weighted by atomic mass is 9.86. The molecule has 19 heavy (non-hydrogen) atoms. The van der Waals surface area contributed by atoms with Crippen molar-refractivity contribution >= 4 is 11.6 Å². The first-order valence-electron chi connectivity index (χ1n) is 7.07. The van der Waals surface area contributed by atoms with Crippen molar-refractivity contribution in [1.82, 2.24) is 9.97 Å². The molecule has 0 bridgehead atoms. The number of aromatic nitrogens is 2. The number of hydrogen-bond acceptors (Lipinski definition) is 5. The molecule has 0 saturated heterocycles. The van der Waals surface area contributed by atoms with Gasteiger partial charge in [0.05, 0.1) is 0 Å². The smallest absolute Gasteiger partial charge is 0.148 e. The van der Waals surface area contributed by atoms with Gasteiger partial charge in [0, 0.05) is 18.7 Å². The van der Waals surface area contributed by atoms with E-state index in [1.807, 2.05) is 13.8 Å². The van der Waals surface area contributed by atoms with Crippen molar-refractivity contribution in [2.24, 2.45) is 11.8 Å². The molecular formula is C14H25N5. The molecule has 5 heteroatoms. The second-order valence-corrected chi connectivity index (χ2v) is 5.75. The maximum absolute atomic E-state index is 5.53. The number of rotatable bonds is 3. The van der Waals surface area contributed by atoms with Crippen molar-refractivity contribution in [2.45, 2.75) is 52.5 Å². The molecule has 0 radical (unpaired) electrons. The first-order chi connectivity index (χ1) is 9.02. The molecule has 2 rings (SSSR count). The predicted octanol–water partition coefficient (Wildman–Crippen LogP) is 2.39. The first-order valence-corrected chi connectivity index (χ1v) is 7.07. The lowest BCUT2D eigenvalue weighted by Crippen LogP contribution is -2.37. The highest BCUT2D eigenvalue weighted by molar-refractivity contribution is 5.58. The molecule has 0 aromatic carbocycles. The topological polar surface area (TPSA) is 67.1 Å². The maximum atomic E-state index is 5.53. The van der Waals surface area contributed by atoms with Crippen LogP contribution in [-0.2, 0) is 0 Å². The molecular weight excluding hydrogens is 238 g/mol. The molecule has 0 aliphatic heterocycles. The first kappa shape index (κ1) is 14.1. The molecule has 0 amide bonds. The summed E-state index contributed by atoms with van der Waals surface area (Å²) in [5, 5.41) is 0. The van der Waals surface area contributed by atoms with Gasteiger partial charge in [-0.05, 0) is 32.6 Å². The Kier molecular flexibility index (Phi) is 4.24. The van der Waals surface area contributed by atoms with E-state index in [2.05, 4.69) is 34.3 Å². The quantitative estimate of drug-likeness (QED) is 0.647. The van der Waals surface area contributed by atoms with Crippen molar-refractivity contribution in [1.29, 1.82) is 0 Å². The van der Waals surface area contributed by atoms with E-state index in [9.17, 15) is 0 Å². The lowest BCUT2D eigenvalue weighted by Gasteiger charge is -2.35. The molecule has 1 aromatic rings. The van der Waals surface area contributed by atoms with Gasteiger partial charge in [-0.1, -0.05) is 19.8 Å². The molecule has 1 heterocycles. The Balaban J connectivity index is 2.27. The third-order valence-corrected chi connectivity index (χ3v) is 4.16. The molecule has 2 unspecified atom stereocenters. The molecule has 106 valence electrons. The summed E-state index contributed by atoms with van der Waals surface area (Å²) in [6.07, 6.45) is 5.14. The minimum absolute atomic E-state index is 0.572. The fourth-order valence-electron chi connectivity index (χ4n) is 3.02. The summed E-state index contributed by atoms with van der Waals surface area (Å²) >= 11 is 0. The van der Waals surface area contributed by atoms with Crippen LogP contribution < -0.4 is 16.2 Å². The van der Waals surface area contributed by atoms with Crippen LogP contribution in [0.15, 0.2) is 0 Å². The molecule has 1 fully saturated rings. The van der Waals surface area contributed by atoms with E-state index >= 15 is 0 Å². The molecule has 1 aromatic heterocycles. The van der Waals surface area contributed by atoms with Gasteiger partial charge < -0.3 is 10.3 Å². The van der Waals surface area contributed by atoms with E-state index in [-0.39, 0.29) is 0 Å². The van der Waals surface area contributed by atoms with Crippen molar-refractivity contribution < 1.29 is 0 Å². The third-order valence-electron chi connectivity index (χ3n) is 4.16. The molecule has 0 spiro atoms. The zero-order valence-electron chi connectivity index (χ0n) is 12.4. The Labute approximate surface area is 115 Å². The summed E-state index contributed by atoms with van der Waals surface area (Å²) in [5.74, 6) is 8.81. The molecule has 3 N–H and O–H groups in total. The van der Waals surface area contributed by atoms with Gasteiger partial charge in [0.1, 0.15) is 17.5 Å². The zero-order valence-corrected chi connectivity index (χ0v) is 12.4. The van der Waals surface area contributed by atoms with Crippen LogP contribution in [-0.4, -0.2) is 23.1 Å². The Bertz CT molecular complexity index is 446. The SMILES string of the molecule is Cc1nc(NN)c(C)c(N(C)C2CCCC(C)C2)n1. The van der Waals surface area contributed by atoms with E-state index in [0.717, 1.165) is 28.9 Å². The molecule has 2 atom stereocenters. The van der Waals surface area contributed by atoms with Gasteiger partial charge in [-0.2, -0.15) is 0 Å². The summed E-state index contributed by atoms with van der Waals surface area (Å²) in [6, 6.07) is 0.572. The van der Waals surface area contributed by atoms with Crippen molar-refractivity contribution in [2.75, 3.05) is 17.4 Å². The molecule has 1 aliphatic carbocycles. The average molecular weight is 263 g/mol. The summed E-state index contributed by atoms with van der Waals surface area (Å²) in [4.78, 5) is 11.2. The van der Waals surface area contributed by atoms with Crippen LogP contribution in [0.3, 0.4) is 0 Å². The van der Waals surface area contributed by atoms with Crippen LogP contribution in [0.2, 0.25) is 0 Å². The Hall–Kier alpha value is -1.36. The maximum Gasteiger partial charge on any atom is 0.148 e. The van der Waals surface area contributed by atoms with Crippen LogP contribution >= 0.6 is 0 Å². The summed E-state index contributed by atoms with van der Waals surface area (Å²) in [6.45, 7) is 6.26.